The number of likely N-dealkylation sites (tertiary alicyclic amines) is 1. The van der Waals surface area contributed by atoms with E-state index in [1.165, 1.54) is 27.2 Å². The number of phenols is 1. The molecule has 2 heterocycles. The summed E-state index contributed by atoms with van der Waals surface area (Å²) in [6, 6.07) is 29.7. The lowest BCUT2D eigenvalue weighted by molar-refractivity contribution is -0.155. The molecule has 1 saturated heterocycles. The molecule has 7 rings (SSSR count). The number of primary amides is 1. The number of piperidine rings is 1. The lowest BCUT2D eigenvalue weighted by Crippen LogP contribution is -2.45. The number of esters is 1. The molecule has 0 spiro atoms. The highest BCUT2D eigenvalue weighted by Crippen LogP contribution is 2.47. The number of amides is 2. The second-order valence-electron chi connectivity index (χ2n) is 17.1. The van der Waals surface area contributed by atoms with Crippen LogP contribution in [0.25, 0.3) is 0 Å². The maximum absolute atomic E-state index is 13.3. The van der Waals surface area contributed by atoms with Crippen molar-refractivity contribution >= 4 is 17.8 Å². The fourth-order valence-electron chi connectivity index (χ4n) is 9.04. The van der Waals surface area contributed by atoms with E-state index in [4.69, 9.17) is 19.9 Å². The van der Waals surface area contributed by atoms with Crippen molar-refractivity contribution in [3.05, 3.63) is 124 Å². The van der Waals surface area contributed by atoms with Gasteiger partial charge in [-0.05, 0) is 148 Å². The van der Waals surface area contributed by atoms with Gasteiger partial charge in [0.1, 0.15) is 35.5 Å². The predicted octanol–water partition coefficient (Wildman–Crippen LogP) is 7.75. The molecule has 4 aromatic rings. The minimum Gasteiger partial charge on any atom is -0.508 e. The zero-order valence-electron chi connectivity index (χ0n) is 34.0. The molecule has 58 heavy (non-hydrogen) atoms. The van der Waals surface area contributed by atoms with Crippen LogP contribution in [0.1, 0.15) is 109 Å². The standard InChI is InChI=1S/C48H57N3O7/c1-48(2,3)58-44(53)22-21-43(46(49)54)51-31-36-29-39(17-20-42(36)47(51)55)56-26-23-32-8-7-24-50(30-32)25-27-57-38-15-11-34(12-16-38)45-40(33-9-5-4-6-10-33)18-13-35-28-37(52)14-19-41(35)45/h4-6,9-12,14-17,19-20,28-29,32,40,43,45,52H,7-8,13,18,21-27,30-31H2,1-3H3,(H2,49,54)/t32-,40-,43-,45+/m0/s1. The number of nitrogens with zero attached hydrogens (tertiary/aromatic N) is 2. The molecule has 10 nitrogen and oxygen atoms in total. The second kappa shape index (κ2) is 18.1. The van der Waals surface area contributed by atoms with Gasteiger partial charge in [0.05, 0.1) is 6.61 Å². The number of nitrogens with two attached hydrogens (primary N) is 1. The summed E-state index contributed by atoms with van der Waals surface area (Å²) in [7, 11) is 0. The molecule has 306 valence electrons. The highest BCUT2D eigenvalue weighted by atomic mass is 16.6. The molecule has 4 aromatic carbocycles. The minimum absolute atomic E-state index is 0.0141. The fraction of sp³-hybridized carbons (Fsp3) is 0.438. The molecular weight excluding hydrogens is 731 g/mol. The molecule has 3 aliphatic rings. The van der Waals surface area contributed by atoms with E-state index >= 15 is 0 Å². The third-order valence-electron chi connectivity index (χ3n) is 11.8. The predicted molar refractivity (Wildman–Crippen MR) is 223 cm³/mol. The van der Waals surface area contributed by atoms with E-state index in [0.29, 0.717) is 42.1 Å². The van der Waals surface area contributed by atoms with Gasteiger partial charge in [0, 0.05) is 37.5 Å². The summed E-state index contributed by atoms with van der Waals surface area (Å²) < 4.78 is 17.8. The van der Waals surface area contributed by atoms with Crippen molar-refractivity contribution in [1.29, 1.82) is 0 Å². The van der Waals surface area contributed by atoms with Crippen LogP contribution in [0.3, 0.4) is 0 Å². The number of aryl methyl sites for hydroxylation is 1. The molecule has 0 radical (unpaired) electrons. The Morgan fingerprint density at radius 2 is 1.64 bits per heavy atom. The van der Waals surface area contributed by atoms with Gasteiger partial charge in [-0.15, -0.1) is 0 Å². The Kier molecular flexibility index (Phi) is 12.7. The number of carbonyl (C=O) groups is 3. The highest BCUT2D eigenvalue weighted by Gasteiger charge is 2.36. The van der Waals surface area contributed by atoms with Gasteiger partial charge < -0.3 is 30.0 Å². The Bertz CT molecular complexity index is 2060. The number of benzene rings is 4. The molecule has 2 amide bonds. The third kappa shape index (κ3) is 10.0. The Hall–Kier alpha value is -5.35. The van der Waals surface area contributed by atoms with Crippen LogP contribution in [-0.2, 0) is 27.3 Å². The number of fused-ring (bicyclic) bond motifs is 2. The third-order valence-corrected chi connectivity index (χ3v) is 11.8. The van der Waals surface area contributed by atoms with E-state index in [9.17, 15) is 19.5 Å². The largest absolute Gasteiger partial charge is 0.508 e. The van der Waals surface area contributed by atoms with Crippen LogP contribution in [0.2, 0.25) is 0 Å². The summed E-state index contributed by atoms with van der Waals surface area (Å²) >= 11 is 0. The maximum atomic E-state index is 13.3. The molecule has 4 atom stereocenters. The van der Waals surface area contributed by atoms with Crippen LogP contribution < -0.4 is 15.2 Å². The first-order valence-electron chi connectivity index (χ1n) is 20.8. The summed E-state index contributed by atoms with van der Waals surface area (Å²) in [6.07, 6.45) is 5.28. The first-order valence-corrected chi connectivity index (χ1v) is 20.8. The summed E-state index contributed by atoms with van der Waals surface area (Å²) in [5.41, 5.74) is 11.5. The Labute approximate surface area is 342 Å². The van der Waals surface area contributed by atoms with E-state index in [1.807, 2.05) is 18.2 Å². The van der Waals surface area contributed by atoms with E-state index in [2.05, 4.69) is 65.6 Å². The lowest BCUT2D eigenvalue weighted by Gasteiger charge is -2.35. The minimum atomic E-state index is -0.909. The topological polar surface area (TPSA) is 132 Å². The molecule has 0 saturated carbocycles. The molecule has 3 N–H and O–H groups in total. The van der Waals surface area contributed by atoms with Crippen LogP contribution in [0.5, 0.6) is 17.2 Å². The molecule has 0 aromatic heterocycles. The fourth-order valence-corrected chi connectivity index (χ4v) is 9.04. The first kappa shape index (κ1) is 40.8. The molecule has 1 fully saturated rings. The second-order valence-corrected chi connectivity index (χ2v) is 17.1. The van der Waals surface area contributed by atoms with Gasteiger partial charge in [0.2, 0.25) is 5.91 Å². The molecule has 1 aliphatic carbocycles. The molecule has 0 unspecified atom stereocenters. The van der Waals surface area contributed by atoms with Crippen LogP contribution in [0.4, 0.5) is 0 Å². The van der Waals surface area contributed by atoms with Crippen LogP contribution in [0.15, 0.2) is 91.0 Å². The Morgan fingerprint density at radius 3 is 2.40 bits per heavy atom. The van der Waals surface area contributed by atoms with Crippen molar-refractivity contribution in [2.24, 2.45) is 11.7 Å². The maximum Gasteiger partial charge on any atom is 0.306 e. The van der Waals surface area contributed by atoms with E-state index in [0.717, 1.165) is 63.1 Å². The number of hydrogen-bond donors (Lipinski definition) is 2. The SMILES string of the molecule is CC(C)(C)OC(=O)CC[C@@H](C(N)=O)N1Cc2cc(OCC[C@@H]3CCCN(CCOc4ccc([C@H]5c6ccc(O)cc6CC[C@H]5c5ccccc5)cc4)C3)ccc2C1=O. The number of carbonyl (C=O) groups excluding carboxylic acids is 3. The zero-order chi connectivity index (χ0) is 40.8. The Morgan fingerprint density at radius 1 is 0.879 bits per heavy atom. The van der Waals surface area contributed by atoms with Crippen molar-refractivity contribution < 1.29 is 33.7 Å². The molecule has 10 heteroatoms. The van der Waals surface area contributed by atoms with Crippen molar-refractivity contribution in [2.75, 3.05) is 32.8 Å². The van der Waals surface area contributed by atoms with Crippen molar-refractivity contribution in [1.82, 2.24) is 9.80 Å². The van der Waals surface area contributed by atoms with Gasteiger partial charge in [-0.25, -0.2) is 0 Å². The summed E-state index contributed by atoms with van der Waals surface area (Å²) in [4.78, 5) is 41.8. The average Bonchev–Trinajstić information content (AvgIpc) is 3.52. The van der Waals surface area contributed by atoms with Crippen LogP contribution in [-0.4, -0.2) is 77.2 Å². The van der Waals surface area contributed by atoms with Crippen molar-refractivity contribution in [2.45, 2.75) is 95.7 Å². The summed E-state index contributed by atoms with van der Waals surface area (Å²) in [5.74, 6) is 1.60. The van der Waals surface area contributed by atoms with Gasteiger partial charge in [-0.1, -0.05) is 48.5 Å². The average molecular weight is 788 g/mol. The van der Waals surface area contributed by atoms with Gasteiger partial charge in [-0.2, -0.15) is 0 Å². The van der Waals surface area contributed by atoms with Gasteiger partial charge in [-0.3, -0.25) is 19.3 Å². The quantitative estimate of drug-likeness (QED) is 0.117. The number of ether oxygens (including phenoxy) is 3. The molecule has 2 aliphatic heterocycles. The van der Waals surface area contributed by atoms with E-state index in [-0.39, 0.29) is 31.2 Å². The lowest BCUT2D eigenvalue weighted by atomic mass is 9.69. The first-order chi connectivity index (χ1) is 27.9. The number of aromatic hydroxyl groups is 1. The van der Waals surface area contributed by atoms with E-state index in [1.54, 1.807) is 32.9 Å². The van der Waals surface area contributed by atoms with E-state index < -0.39 is 23.5 Å². The molecule has 0 bridgehead atoms. The zero-order valence-corrected chi connectivity index (χ0v) is 34.0. The monoisotopic (exact) mass is 787 g/mol. The normalized spacial score (nSPS) is 19.9. The van der Waals surface area contributed by atoms with Gasteiger partial charge in [0.15, 0.2) is 0 Å². The van der Waals surface area contributed by atoms with Gasteiger partial charge >= 0.3 is 5.97 Å². The highest BCUT2D eigenvalue weighted by molar-refractivity contribution is 6.01. The summed E-state index contributed by atoms with van der Waals surface area (Å²) in [5, 5.41) is 10.2. The molecular formula is C48H57N3O7. The number of rotatable bonds is 15. The smallest absolute Gasteiger partial charge is 0.306 e. The van der Waals surface area contributed by atoms with Crippen LogP contribution >= 0.6 is 0 Å². The van der Waals surface area contributed by atoms with Crippen molar-refractivity contribution in [3.63, 3.8) is 0 Å². The number of hydrogen-bond acceptors (Lipinski definition) is 8. The summed E-state index contributed by atoms with van der Waals surface area (Å²) in [6.45, 7) is 9.66. The van der Waals surface area contributed by atoms with Gasteiger partial charge in [0.25, 0.3) is 5.91 Å². The van der Waals surface area contributed by atoms with Crippen molar-refractivity contribution in [3.8, 4) is 17.2 Å². The number of phenolic OH excluding ortho intramolecular Hbond substituents is 1. The Balaban J connectivity index is 0.870. The van der Waals surface area contributed by atoms with Crippen LogP contribution in [0, 0.1) is 5.92 Å².